The van der Waals surface area contributed by atoms with E-state index in [0.29, 0.717) is 12.1 Å². The van der Waals surface area contributed by atoms with Crippen LogP contribution in [0.25, 0.3) is 0 Å². The Kier molecular flexibility index (Phi) is 5.30. The SMILES string of the molecule is Cl.O=C(Cl)OC1C[C@H]2CC[C@@H](C1)N2Cc1ccccc1. The summed E-state index contributed by atoms with van der Waals surface area (Å²) in [5.41, 5.74) is 0.688. The van der Waals surface area contributed by atoms with E-state index in [1.807, 2.05) is 6.07 Å². The Morgan fingerprint density at radius 1 is 1.20 bits per heavy atom. The lowest BCUT2D eigenvalue weighted by Crippen LogP contribution is -2.45. The molecule has 0 aliphatic carbocycles. The first-order valence-electron chi connectivity index (χ1n) is 6.88. The molecule has 2 aliphatic heterocycles. The molecular weight excluding hydrogens is 297 g/mol. The molecule has 1 aromatic rings. The molecule has 0 aromatic heterocycles. The first-order valence-corrected chi connectivity index (χ1v) is 7.26. The van der Waals surface area contributed by atoms with Crippen LogP contribution in [0.5, 0.6) is 0 Å². The van der Waals surface area contributed by atoms with Crippen LogP contribution in [0, 0.1) is 0 Å². The minimum Gasteiger partial charge on any atom is -0.450 e. The van der Waals surface area contributed by atoms with Gasteiger partial charge in [0.2, 0.25) is 0 Å². The molecule has 110 valence electrons. The van der Waals surface area contributed by atoms with Crippen LogP contribution < -0.4 is 0 Å². The highest BCUT2D eigenvalue weighted by Crippen LogP contribution is 2.38. The maximum absolute atomic E-state index is 10.8. The minimum absolute atomic E-state index is 0. The van der Waals surface area contributed by atoms with E-state index >= 15 is 0 Å². The number of rotatable bonds is 3. The van der Waals surface area contributed by atoms with E-state index in [0.717, 1.165) is 19.4 Å². The Morgan fingerprint density at radius 3 is 2.35 bits per heavy atom. The van der Waals surface area contributed by atoms with Crippen molar-refractivity contribution in [3.05, 3.63) is 35.9 Å². The van der Waals surface area contributed by atoms with Gasteiger partial charge in [0, 0.05) is 43.1 Å². The summed E-state index contributed by atoms with van der Waals surface area (Å²) in [6.45, 7) is 0.998. The van der Waals surface area contributed by atoms with Gasteiger partial charge in [0.25, 0.3) is 0 Å². The van der Waals surface area contributed by atoms with Gasteiger partial charge < -0.3 is 4.74 Å². The highest BCUT2D eigenvalue weighted by molar-refractivity contribution is 6.61. The number of hydrogen-bond donors (Lipinski definition) is 0. The highest BCUT2D eigenvalue weighted by Gasteiger charge is 2.41. The number of piperidine rings is 1. The fraction of sp³-hybridized carbons (Fsp3) is 0.533. The Morgan fingerprint density at radius 2 is 1.80 bits per heavy atom. The van der Waals surface area contributed by atoms with Gasteiger partial charge in [-0.05, 0) is 18.4 Å². The molecule has 5 heteroatoms. The van der Waals surface area contributed by atoms with E-state index in [9.17, 15) is 4.79 Å². The third-order valence-electron chi connectivity index (χ3n) is 4.31. The van der Waals surface area contributed by atoms with Crippen molar-refractivity contribution in [3.8, 4) is 0 Å². The Balaban J connectivity index is 0.00000147. The molecule has 2 heterocycles. The molecule has 0 N–H and O–H groups in total. The molecule has 0 spiro atoms. The summed E-state index contributed by atoms with van der Waals surface area (Å²) in [6.07, 6.45) is 4.25. The monoisotopic (exact) mass is 315 g/mol. The van der Waals surface area contributed by atoms with E-state index in [4.69, 9.17) is 16.3 Å². The van der Waals surface area contributed by atoms with Crippen molar-refractivity contribution in [3.63, 3.8) is 0 Å². The molecule has 3 atom stereocenters. The zero-order valence-electron chi connectivity index (χ0n) is 11.2. The predicted molar refractivity (Wildman–Crippen MR) is 81.4 cm³/mol. The lowest BCUT2D eigenvalue weighted by atomic mass is 9.99. The molecule has 3 nitrogen and oxygen atoms in total. The molecule has 0 amide bonds. The summed E-state index contributed by atoms with van der Waals surface area (Å²) in [5.74, 6) is 0. The number of carbonyl (C=O) groups is 1. The standard InChI is InChI=1S/C15H18ClNO2.ClH/c16-15(18)19-14-8-12-6-7-13(9-14)17(12)10-11-4-2-1-3-5-11;/h1-5,12-14H,6-10H2;1H/t12-,13+,14?;. The molecule has 1 aromatic carbocycles. The molecule has 3 rings (SSSR count). The first-order chi connectivity index (χ1) is 9.22. The number of hydrogen-bond acceptors (Lipinski definition) is 3. The number of nitrogens with zero attached hydrogens (tertiary/aromatic N) is 1. The van der Waals surface area contributed by atoms with Crippen molar-refractivity contribution in [2.24, 2.45) is 0 Å². The second-order valence-corrected chi connectivity index (χ2v) is 5.80. The largest absolute Gasteiger partial charge is 0.450 e. The summed E-state index contributed by atoms with van der Waals surface area (Å²) < 4.78 is 5.17. The van der Waals surface area contributed by atoms with Crippen LogP contribution in [-0.4, -0.2) is 28.5 Å². The van der Waals surface area contributed by atoms with Crippen LogP contribution in [-0.2, 0) is 11.3 Å². The lowest BCUT2D eigenvalue weighted by molar-refractivity contribution is 0.0240. The molecule has 2 fully saturated rings. The van der Waals surface area contributed by atoms with E-state index < -0.39 is 5.43 Å². The smallest absolute Gasteiger partial charge is 0.404 e. The fourth-order valence-corrected chi connectivity index (χ4v) is 3.63. The lowest BCUT2D eigenvalue weighted by Gasteiger charge is -2.38. The van der Waals surface area contributed by atoms with Gasteiger partial charge in [-0.2, -0.15) is 0 Å². The normalized spacial score (nSPS) is 28.8. The summed E-state index contributed by atoms with van der Waals surface area (Å²) in [7, 11) is 0. The molecule has 2 bridgehead atoms. The van der Waals surface area contributed by atoms with Crippen LogP contribution in [0.3, 0.4) is 0 Å². The van der Waals surface area contributed by atoms with Gasteiger partial charge in [-0.25, -0.2) is 4.79 Å². The summed E-state index contributed by atoms with van der Waals surface area (Å²) >= 11 is 5.32. The van der Waals surface area contributed by atoms with Crippen LogP contribution in [0.1, 0.15) is 31.2 Å². The van der Waals surface area contributed by atoms with Gasteiger partial charge >= 0.3 is 5.43 Å². The number of carbonyl (C=O) groups excluding carboxylic acids is 1. The number of halogens is 2. The zero-order chi connectivity index (χ0) is 13.2. The quantitative estimate of drug-likeness (QED) is 0.790. The second-order valence-electron chi connectivity index (χ2n) is 5.49. The van der Waals surface area contributed by atoms with Gasteiger partial charge in [0.1, 0.15) is 6.10 Å². The third-order valence-corrected chi connectivity index (χ3v) is 4.40. The van der Waals surface area contributed by atoms with Crippen molar-refractivity contribution >= 4 is 29.4 Å². The molecule has 2 aliphatic rings. The maximum Gasteiger partial charge on any atom is 0.404 e. The van der Waals surface area contributed by atoms with Crippen LogP contribution in [0.4, 0.5) is 4.79 Å². The molecule has 0 saturated carbocycles. The number of ether oxygens (including phenoxy) is 1. The van der Waals surface area contributed by atoms with E-state index in [2.05, 4.69) is 29.2 Å². The summed E-state index contributed by atoms with van der Waals surface area (Å²) in [5, 5.41) is 0. The number of benzene rings is 1. The second kappa shape index (κ2) is 6.79. The van der Waals surface area contributed by atoms with Crippen LogP contribution >= 0.6 is 24.0 Å². The van der Waals surface area contributed by atoms with E-state index in [1.54, 1.807) is 0 Å². The molecule has 2 saturated heterocycles. The summed E-state index contributed by atoms with van der Waals surface area (Å²) in [4.78, 5) is 13.4. The van der Waals surface area contributed by atoms with Crippen molar-refractivity contribution in [1.29, 1.82) is 0 Å². The molecule has 0 radical (unpaired) electrons. The maximum atomic E-state index is 10.8. The average Bonchev–Trinajstić information content (AvgIpc) is 2.62. The zero-order valence-corrected chi connectivity index (χ0v) is 12.8. The Bertz CT molecular complexity index is 440. The number of fused-ring (bicyclic) bond motifs is 2. The van der Waals surface area contributed by atoms with E-state index in [-0.39, 0.29) is 18.5 Å². The highest BCUT2D eigenvalue weighted by atomic mass is 35.5. The van der Waals surface area contributed by atoms with Gasteiger partial charge in [0.05, 0.1) is 0 Å². The predicted octanol–water partition coefficient (Wildman–Crippen LogP) is 3.98. The van der Waals surface area contributed by atoms with Crippen molar-refractivity contribution in [2.75, 3.05) is 0 Å². The van der Waals surface area contributed by atoms with Crippen LogP contribution in [0.15, 0.2) is 30.3 Å². The minimum atomic E-state index is -0.666. The first kappa shape index (κ1) is 15.6. The van der Waals surface area contributed by atoms with Crippen molar-refractivity contribution < 1.29 is 9.53 Å². The topological polar surface area (TPSA) is 29.5 Å². The molecule has 1 unspecified atom stereocenters. The van der Waals surface area contributed by atoms with Gasteiger partial charge in [0.15, 0.2) is 0 Å². The van der Waals surface area contributed by atoms with Gasteiger partial charge in [-0.3, -0.25) is 4.90 Å². The Hall–Kier alpha value is -0.770. The van der Waals surface area contributed by atoms with Crippen LogP contribution in [0.2, 0.25) is 0 Å². The van der Waals surface area contributed by atoms with E-state index in [1.165, 1.54) is 18.4 Å². The van der Waals surface area contributed by atoms with Gasteiger partial charge in [-0.1, -0.05) is 30.3 Å². The third kappa shape index (κ3) is 3.46. The summed E-state index contributed by atoms with van der Waals surface area (Å²) in [6, 6.07) is 11.6. The average molecular weight is 316 g/mol. The molecular formula is C15H19Cl2NO2. The fourth-order valence-electron chi connectivity index (χ4n) is 3.50. The van der Waals surface area contributed by atoms with Crippen molar-refractivity contribution in [1.82, 2.24) is 4.90 Å². The van der Waals surface area contributed by atoms with Gasteiger partial charge in [-0.15, -0.1) is 12.4 Å². The Labute approximate surface area is 130 Å². The van der Waals surface area contributed by atoms with Crippen molar-refractivity contribution in [2.45, 2.75) is 50.4 Å². The molecule has 20 heavy (non-hydrogen) atoms.